The van der Waals surface area contributed by atoms with Crippen molar-refractivity contribution in [3.05, 3.63) is 50.4 Å². The molecule has 112 valence electrons. The van der Waals surface area contributed by atoms with E-state index in [4.69, 9.17) is 21.1 Å². The standard InChI is InChI=1S/C15H14Br2ClNO2/c1-20-14-8-11(17)15(9-10(14)16)21-7-6-19-13-5-3-2-4-12(13)18/h2-5,8-9,19H,6-7H2,1H3. The molecule has 0 aliphatic heterocycles. The van der Waals surface area contributed by atoms with Crippen molar-refractivity contribution in [1.82, 2.24) is 0 Å². The zero-order chi connectivity index (χ0) is 15.2. The summed E-state index contributed by atoms with van der Waals surface area (Å²) in [4.78, 5) is 0. The van der Waals surface area contributed by atoms with Gasteiger partial charge < -0.3 is 14.8 Å². The maximum atomic E-state index is 6.07. The van der Waals surface area contributed by atoms with E-state index in [1.54, 1.807) is 7.11 Å². The first-order valence-corrected chi connectivity index (χ1v) is 8.22. The number of benzene rings is 2. The second-order valence-electron chi connectivity index (χ2n) is 4.17. The SMILES string of the molecule is COc1cc(Br)c(OCCNc2ccccc2Cl)cc1Br. The molecule has 0 aliphatic rings. The van der Waals surface area contributed by atoms with Gasteiger partial charge in [-0.2, -0.15) is 0 Å². The van der Waals surface area contributed by atoms with Gasteiger partial charge in [-0.15, -0.1) is 0 Å². The maximum Gasteiger partial charge on any atom is 0.134 e. The Morgan fingerprint density at radius 2 is 1.76 bits per heavy atom. The van der Waals surface area contributed by atoms with Crippen LogP contribution < -0.4 is 14.8 Å². The first kappa shape index (κ1) is 16.5. The molecule has 6 heteroatoms. The number of hydrogen-bond donors (Lipinski definition) is 1. The van der Waals surface area contributed by atoms with Crippen LogP contribution in [0.5, 0.6) is 11.5 Å². The van der Waals surface area contributed by atoms with Gasteiger partial charge in [0.1, 0.15) is 18.1 Å². The first-order valence-electron chi connectivity index (χ1n) is 6.26. The molecule has 0 radical (unpaired) electrons. The van der Waals surface area contributed by atoms with Gasteiger partial charge in [-0.25, -0.2) is 0 Å². The van der Waals surface area contributed by atoms with Crippen LogP contribution in [0.15, 0.2) is 45.3 Å². The van der Waals surface area contributed by atoms with Crippen molar-refractivity contribution in [2.75, 3.05) is 25.6 Å². The van der Waals surface area contributed by atoms with Gasteiger partial charge >= 0.3 is 0 Å². The highest BCUT2D eigenvalue weighted by molar-refractivity contribution is 9.11. The Labute approximate surface area is 145 Å². The predicted molar refractivity (Wildman–Crippen MR) is 93.8 cm³/mol. The van der Waals surface area contributed by atoms with Gasteiger partial charge in [-0.3, -0.25) is 0 Å². The van der Waals surface area contributed by atoms with Crippen LogP contribution in [0.3, 0.4) is 0 Å². The van der Waals surface area contributed by atoms with Crippen LogP contribution >= 0.6 is 43.5 Å². The lowest BCUT2D eigenvalue weighted by Crippen LogP contribution is -2.12. The van der Waals surface area contributed by atoms with Crippen LogP contribution in [-0.2, 0) is 0 Å². The number of rotatable bonds is 6. The van der Waals surface area contributed by atoms with Crippen molar-refractivity contribution in [3.63, 3.8) is 0 Å². The highest BCUT2D eigenvalue weighted by Crippen LogP contribution is 2.35. The highest BCUT2D eigenvalue weighted by atomic mass is 79.9. The molecule has 3 nitrogen and oxygen atoms in total. The molecule has 2 aromatic rings. The summed E-state index contributed by atoms with van der Waals surface area (Å²) in [5, 5.41) is 3.93. The lowest BCUT2D eigenvalue weighted by molar-refractivity contribution is 0.329. The molecule has 1 N–H and O–H groups in total. The monoisotopic (exact) mass is 433 g/mol. The van der Waals surface area contributed by atoms with E-state index < -0.39 is 0 Å². The molecule has 2 aromatic carbocycles. The molecular formula is C15H14Br2ClNO2. The van der Waals surface area contributed by atoms with E-state index in [0.29, 0.717) is 18.2 Å². The number of halogens is 3. The van der Waals surface area contributed by atoms with Crippen LogP contribution in [0.4, 0.5) is 5.69 Å². The minimum Gasteiger partial charge on any atom is -0.496 e. The van der Waals surface area contributed by atoms with Gasteiger partial charge in [-0.1, -0.05) is 23.7 Å². The molecule has 0 aromatic heterocycles. The van der Waals surface area contributed by atoms with Crippen molar-refractivity contribution in [1.29, 1.82) is 0 Å². The van der Waals surface area contributed by atoms with Crippen molar-refractivity contribution < 1.29 is 9.47 Å². The fourth-order valence-electron chi connectivity index (χ4n) is 1.73. The highest BCUT2D eigenvalue weighted by Gasteiger charge is 2.08. The van der Waals surface area contributed by atoms with Gasteiger partial charge in [0.2, 0.25) is 0 Å². The Bertz CT molecular complexity index is 623. The molecule has 0 bridgehead atoms. The van der Waals surface area contributed by atoms with Crippen LogP contribution in [-0.4, -0.2) is 20.3 Å². The van der Waals surface area contributed by atoms with E-state index in [1.807, 2.05) is 36.4 Å². The molecule has 0 fully saturated rings. The van der Waals surface area contributed by atoms with Gasteiger partial charge in [0.05, 0.1) is 26.8 Å². The topological polar surface area (TPSA) is 30.5 Å². The fraction of sp³-hybridized carbons (Fsp3) is 0.200. The van der Waals surface area contributed by atoms with E-state index in [2.05, 4.69) is 37.2 Å². The second kappa shape index (κ2) is 7.92. The molecule has 0 saturated heterocycles. The summed E-state index contributed by atoms with van der Waals surface area (Å²) in [6, 6.07) is 11.4. The predicted octanol–water partition coefficient (Wildman–Crippen LogP) is 5.36. The number of ether oxygens (including phenoxy) is 2. The molecule has 0 atom stereocenters. The normalized spacial score (nSPS) is 10.3. The summed E-state index contributed by atoms with van der Waals surface area (Å²) in [5.74, 6) is 1.51. The number of para-hydroxylation sites is 1. The van der Waals surface area contributed by atoms with Crippen LogP contribution in [0.1, 0.15) is 0 Å². The molecule has 0 spiro atoms. The third kappa shape index (κ3) is 4.53. The lowest BCUT2D eigenvalue weighted by Gasteiger charge is -2.12. The third-order valence-corrected chi connectivity index (χ3v) is 4.32. The third-order valence-electron chi connectivity index (χ3n) is 2.76. The summed E-state index contributed by atoms with van der Waals surface area (Å²) in [7, 11) is 1.63. The molecule has 0 aliphatic carbocycles. The molecule has 0 unspecified atom stereocenters. The maximum absolute atomic E-state index is 6.07. The van der Waals surface area contributed by atoms with E-state index in [1.165, 1.54) is 0 Å². The Morgan fingerprint density at radius 3 is 2.48 bits per heavy atom. The minimum absolute atomic E-state index is 0.516. The van der Waals surface area contributed by atoms with E-state index >= 15 is 0 Å². The van der Waals surface area contributed by atoms with Gasteiger partial charge in [0, 0.05) is 6.54 Å². The summed E-state index contributed by atoms with van der Waals surface area (Å²) >= 11 is 13.0. The quantitative estimate of drug-likeness (QED) is 0.620. The number of anilines is 1. The average molecular weight is 436 g/mol. The van der Waals surface area contributed by atoms with Gasteiger partial charge in [-0.05, 0) is 56.1 Å². The molecule has 0 heterocycles. The van der Waals surface area contributed by atoms with Gasteiger partial charge in [0.25, 0.3) is 0 Å². The zero-order valence-electron chi connectivity index (χ0n) is 11.3. The largest absolute Gasteiger partial charge is 0.496 e. The Kier molecular flexibility index (Phi) is 6.21. The minimum atomic E-state index is 0.516. The molecular weight excluding hydrogens is 421 g/mol. The van der Waals surface area contributed by atoms with E-state index in [-0.39, 0.29) is 0 Å². The Morgan fingerprint density at radius 1 is 1.10 bits per heavy atom. The molecule has 0 amide bonds. The number of nitrogens with one attached hydrogen (secondary N) is 1. The first-order chi connectivity index (χ1) is 10.1. The summed E-state index contributed by atoms with van der Waals surface area (Å²) in [6.45, 7) is 1.17. The van der Waals surface area contributed by atoms with Crippen LogP contribution in [0.2, 0.25) is 5.02 Å². The van der Waals surface area contributed by atoms with Crippen molar-refractivity contribution in [2.24, 2.45) is 0 Å². The summed E-state index contributed by atoms with van der Waals surface area (Å²) in [5.41, 5.74) is 0.901. The fourth-order valence-corrected chi connectivity index (χ4v) is 2.85. The van der Waals surface area contributed by atoms with Gasteiger partial charge in [0.15, 0.2) is 0 Å². The molecule has 2 rings (SSSR count). The molecule has 0 saturated carbocycles. The smallest absolute Gasteiger partial charge is 0.134 e. The summed E-state index contributed by atoms with van der Waals surface area (Å²) < 4.78 is 12.7. The Hall–Kier alpha value is -0.910. The average Bonchev–Trinajstić information content (AvgIpc) is 2.48. The lowest BCUT2D eigenvalue weighted by atomic mass is 10.3. The molecule has 21 heavy (non-hydrogen) atoms. The number of hydrogen-bond acceptors (Lipinski definition) is 3. The zero-order valence-corrected chi connectivity index (χ0v) is 15.3. The Balaban J connectivity index is 1.89. The summed E-state index contributed by atoms with van der Waals surface area (Å²) in [6.07, 6.45) is 0. The van der Waals surface area contributed by atoms with Crippen molar-refractivity contribution in [2.45, 2.75) is 0 Å². The number of methoxy groups -OCH3 is 1. The van der Waals surface area contributed by atoms with Crippen LogP contribution in [0, 0.1) is 0 Å². The van der Waals surface area contributed by atoms with Crippen molar-refractivity contribution in [3.8, 4) is 11.5 Å². The van der Waals surface area contributed by atoms with Crippen molar-refractivity contribution >= 4 is 49.1 Å². The van der Waals surface area contributed by atoms with E-state index in [9.17, 15) is 0 Å². The second-order valence-corrected chi connectivity index (χ2v) is 6.29. The van der Waals surface area contributed by atoms with E-state index in [0.717, 1.165) is 26.1 Å². The van der Waals surface area contributed by atoms with Crippen LogP contribution in [0.25, 0.3) is 0 Å².